The molecule has 0 spiro atoms. The van der Waals surface area contributed by atoms with E-state index < -0.39 is 5.97 Å². The Bertz CT molecular complexity index is 1230. The van der Waals surface area contributed by atoms with Crippen molar-refractivity contribution in [2.75, 3.05) is 6.61 Å². The van der Waals surface area contributed by atoms with E-state index in [1.807, 2.05) is 0 Å². The summed E-state index contributed by atoms with van der Waals surface area (Å²) in [5.41, 5.74) is 7.03. The van der Waals surface area contributed by atoms with Crippen molar-refractivity contribution in [2.24, 2.45) is 5.92 Å². The minimum absolute atomic E-state index is 0.331. The van der Waals surface area contributed by atoms with Crippen LogP contribution in [0.15, 0.2) is 97.1 Å². The molecule has 1 aliphatic rings. The third-order valence-electron chi connectivity index (χ3n) is 7.82. The molecule has 41 heavy (non-hydrogen) atoms. The quantitative estimate of drug-likeness (QED) is 0.160. The Morgan fingerprint density at radius 3 is 2.05 bits per heavy atom. The van der Waals surface area contributed by atoms with E-state index in [4.69, 9.17) is 9.84 Å². The maximum absolute atomic E-state index is 10.2. The number of carboxylic acid groups (broad SMARTS) is 1. The van der Waals surface area contributed by atoms with Crippen LogP contribution in [0.4, 0.5) is 0 Å². The van der Waals surface area contributed by atoms with Gasteiger partial charge >= 0.3 is 5.97 Å². The summed E-state index contributed by atoms with van der Waals surface area (Å²) < 4.78 is 6.19. The second-order valence-corrected chi connectivity index (χ2v) is 11.1. The third-order valence-corrected chi connectivity index (χ3v) is 7.82. The second-order valence-electron chi connectivity index (χ2n) is 11.1. The monoisotopic (exact) mass is 552 g/mol. The molecule has 218 valence electrons. The van der Waals surface area contributed by atoms with Crippen LogP contribution in [0.3, 0.4) is 0 Å². The molecule has 0 bridgehead atoms. The van der Waals surface area contributed by atoms with Crippen molar-refractivity contribution < 1.29 is 14.6 Å². The third kappa shape index (κ3) is 11.1. The summed E-state index contributed by atoms with van der Waals surface area (Å²) in [6.07, 6.45) is 16.5. The maximum Gasteiger partial charge on any atom is 0.335 e. The molecule has 0 fully saturated rings. The van der Waals surface area contributed by atoms with Crippen LogP contribution in [0, 0.1) is 5.92 Å². The van der Waals surface area contributed by atoms with Crippen LogP contribution in [0.2, 0.25) is 0 Å². The Balaban J connectivity index is 0.000000436. The first-order chi connectivity index (χ1) is 20.0. The highest BCUT2D eigenvalue weighted by Crippen LogP contribution is 2.39. The molecule has 3 heteroatoms. The number of carboxylic acids is 1. The zero-order valence-corrected chi connectivity index (χ0v) is 25.1. The molecule has 0 amide bonds. The number of hydrogen-bond donors (Lipinski definition) is 1. The molecule has 0 radical (unpaired) electrons. The van der Waals surface area contributed by atoms with Gasteiger partial charge < -0.3 is 9.84 Å². The van der Waals surface area contributed by atoms with Crippen LogP contribution in [-0.4, -0.2) is 17.7 Å². The molecule has 1 N–H and O–H groups in total. The van der Waals surface area contributed by atoms with Crippen molar-refractivity contribution >= 4 is 11.5 Å². The van der Waals surface area contributed by atoms with E-state index in [2.05, 4.69) is 75.0 Å². The van der Waals surface area contributed by atoms with E-state index in [-0.39, 0.29) is 0 Å². The summed E-state index contributed by atoms with van der Waals surface area (Å²) in [7, 11) is 0. The lowest BCUT2D eigenvalue weighted by Crippen LogP contribution is -2.07. The Morgan fingerprint density at radius 2 is 1.49 bits per heavy atom. The molecule has 3 nitrogen and oxygen atoms in total. The molecule has 3 aromatic rings. The number of allylic oxidation sites excluding steroid dienone is 3. The average molecular weight is 553 g/mol. The smallest absolute Gasteiger partial charge is 0.335 e. The van der Waals surface area contributed by atoms with E-state index in [0.717, 1.165) is 31.6 Å². The summed E-state index contributed by atoms with van der Waals surface area (Å²) in [6, 6.07) is 25.7. The second kappa shape index (κ2) is 18.0. The van der Waals surface area contributed by atoms with Crippen LogP contribution < -0.4 is 4.74 Å². The Kier molecular flexibility index (Phi) is 14.0. The highest BCUT2D eigenvalue weighted by atomic mass is 16.5. The first-order valence-electron chi connectivity index (χ1n) is 15.4. The molecule has 0 aromatic heterocycles. The minimum Gasteiger partial charge on any atom is -0.494 e. The van der Waals surface area contributed by atoms with Gasteiger partial charge in [-0.15, -0.1) is 0 Å². The van der Waals surface area contributed by atoms with Gasteiger partial charge in [0.15, 0.2) is 0 Å². The van der Waals surface area contributed by atoms with Crippen LogP contribution in [0.5, 0.6) is 5.75 Å². The summed E-state index contributed by atoms with van der Waals surface area (Å²) in [6.45, 7) is 9.44. The number of rotatable bonds is 14. The molecular weight excluding hydrogens is 504 g/mol. The molecule has 3 aromatic carbocycles. The van der Waals surface area contributed by atoms with Gasteiger partial charge in [0.2, 0.25) is 0 Å². The van der Waals surface area contributed by atoms with E-state index >= 15 is 0 Å². The Labute approximate surface area is 248 Å². The zero-order valence-electron chi connectivity index (χ0n) is 25.1. The SMILES string of the molecule is C=C(C)[C@@H]1CC=C(c2cc(OCCCCCCCCCC)ccc2-c2ccccc2)CC1.O=C(O)c1ccccc1. The molecule has 0 unspecified atom stereocenters. The highest BCUT2D eigenvalue weighted by molar-refractivity contribution is 5.87. The van der Waals surface area contributed by atoms with E-state index in [9.17, 15) is 4.79 Å². The van der Waals surface area contributed by atoms with Gasteiger partial charge in [-0.3, -0.25) is 0 Å². The predicted octanol–water partition coefficient (Wildman–Crippen LogP) is 11.0. The highest BCUT2D eigenvalue weighted by Gasteiger charge is 2.19. The standard InChI is InChI=1S/C31H42O.C7H6O2/c1-4-5-6-7-8-9-10-14-23-32-29-21-22-30(27-15-12-11-13-16-27)31(24-29)28-19-17-26(18-20-28)25(2)3;8-7(9)6-4-2-1-3-5-6/h11-13,15-16,19,21-22,24,26H,2,4-10,14,17-18,20,23H2,1,3H3;1-5H,(H,8,9)/t26-;/m1./s1. The van der Waals surface area contributed by atoms with Gasteiger partial charge in [-0.1, -0.05) is 125 Å². The fourth-order valence-electron chi connectivity index (χ4n) is 5.28. The first-order valence-corrected chi connectivity index (χ1v) is 15.4. The normalized spacial score (nSPS) is 14.4. The maximum atomic E-state index is 10.2. The number of carbonyl (C=O) groups is 1. The van der Waals surface area contributed by atoms with Crippen LogP contribution in [-0.2, 0) is 0 Å². The molecule has 4 rings (SSSR count). The van der Waals surface area contributed by atoms with Gasteiger partial charge in [-0.25, -0.2) is 4.79 Å². The van der Waals surface area contributed by atoms with Gasteiger partial charge in [0.25, 0.3) is 0 Å². The lowest BCUT2D eigenvalue weighted by atomic mass is 9.81. The van der Waals surface area contributed by atoms with Crippen LogP contribution in [0.25, 0.3) is 16.7 Å². The van der Waals surface area contributed by atoms with Gasteiger partial charge in [0, 0.05) is 0 Å². The van der Waals surface area contributed by atoms with E-state index in [0.29, 0.717) is 11.5 Å². The van der Waals surface area contributed by atoms with Crippen molar-refractivity contribution in [2.45, 2.75) is 84.5 Å². The lowest BCUT2D eigenvalue weighted by molar-refractivity contribution is 0.0697. The zero-order chi connectivity index (χ0) is 29.3. The van der Waals surface area contributed by atoms with Gasteiger partial charge in [-0.05, 0) is 85.1 Å². The first kappa shape index (κ1) is 31.9. The van der Waals surface area contributed by atoms with Crippen LogP contribution >= 0.6 is 0 Å². The van der Waals surface area contributed by atoms with Crippen molar-refractivity contribution in [1.82, 2.24) is 0 Å². The number of unbranched alkanes of at least 4 members (excludes halogenated alkanes) is 7. The Hall–Kier alpha value is -3.59. The average Bonchev–Trinajstić information content (AvgIpc) is 3.01. The van der Waals surface area contributed by atoms with Crippen LogP contribution in [0.1, 0.15) is 100 Å². The van der Waals surface area contributed by atoms with Crippen molar-refractivity contribution in [3.63, 3.8) is 0 Å². The number of benzene rings is 3. The van der Waals surface area contributed by atoms with Gasteiger partial charge in [-0.2, -0.15) is 0 Å². The fourth-order valence-corrected chi connectivity index (χ4v) is 5.28. The molecule has 0 heterocycles. The molecule has 0 saturated carbocycles. The molecule has 1 atom stereocenters. The Morgan fingerprint density at radius 1 is 0.854 bits per heavy atom. The van der Waals surface area contributed by atoms with Crippen molar-refractivity contribution in [1.29, 1.82) is 0 Å². The fraction of sp³-hybridized carbons (Fsp3) is 0.395. The predicted molar refractivity (Wildman–Crippen MR) is 174 cm³/mol. The van der Waals surface area contributed by atoms with Crippen molar-refractivity contribution in [3.8, 4) is 16.9 Å². The summed E-state index contributed by atoms with van der Waals surface area (Å²) in [4.78, 5) is 10.2. The number of hydrogen-bond acceptors (Lipinski definition) is 2. The molecule has 0 aliphatic heterocycles. The van der Waals surface area contributed by atoms with Gasteiger partial charge in [0.05, 0.1) is 12.2 Å². The van der Waals surface area contributed by atoms with E-state index in [1.165, 1.54) is 79.2 Å². The number of aromatic carboxylic acids is 1. The summed E-state index contributed by atoms with van der Waals surface area (Å²) >= 11 is 0. The summed E-state index contributed by atoms with van der Waals surface area (Å²) in [5.74, 6) is 0.751. The minimum atomic E-state index is -0.879. The van der Waals surface area contributed by atoms with Crippen molar-refractivity contribution in [3.05, 3.63) is 108 Å². The molecule has 0 saturated heterocycles. The van der Waals surface area contributed by atoms with Gasteiger partial charge in [0.1, 0.15) is 5.75 Å². The largest absolute Gasteiger partial charge is 0.494 e. The van der Waals surface area contributed by atoms with E-state index in [1.54, 1.807) is 30.3 Å². The lowest BCUT2D eigenvalue weighted by Gasteiger charge is -2.24. The molecule has 1 aliphatic carbocycles. The number of ether oxygens (including phenoxy) is 1. The molecular formula is C38H48O3. The summed E-state index contributed by atoms with van der Waals surface area (Å²) in [5, 5.41) is 8.38. The topological polar surface area (TPSA) is 46.5 Å².